The monoisotopic (exact) mass is 506 g/mol. The molecule has 0 unspecified atom stereocenters. The third-order valence-corrected chi connectivity index (χ3v) is 10.2. The van der Waals surface area contributed by atoms with E-state index in [1.807, 2.05) is 0 Å². The predicted octanol–water partition coefficient (Wildman–Crippen LogP) is 6.43. The Hall–Kier alpha value is -2.76. The molecule has 0 saturated heterocycles. The Labute approximate surface area is 228 Å². The van der Waals surface area contributed by atoms with Crippen LogP contribution < -0.4 is 10.6 Å². The van der Waals surface area contributed by atoms with Crippen molar-refractivity contribution in [3.8, 4) is 0 Å². The maximum Gasteiger partial charge on any atom is 0.101 e. The number of hydrogen-bond acceptors (Lipinski definition) is 4. The Bertz CT molecular complexity index is 1460. The molecule has 0 bridgehead atoms. The van der Waals surface area contributed by atoms with Gasteiger partial charge in [0.1, 0.15) is 11.3 Å². The average molecular weight is 507 g/mol. The van der Waals surface area contributed by atoms with Gasteiger partial charge >= 0.3 is 0 Å². The van der Waals surface area contributed by atoms with E-state index in [2.05, 4.69) is 125 Å². The average Bonchev–Trinajstić information content (AvgIpc) is 2.88. The quantitative estimate of drug-likeness (QED) is 0.311. The maximum atomic E-state index is 4.10. The molecule has 0 aliphatic carbocycles. The number of aryl methyl sites for hydroxylation is 4. The van der Waals surface area contributed by atoms with Crippen LogP contribution in [0.1, 0.15) is 58.4 Å². The standard InChI is InChI=1S/C34H42N4/c1-21-9-13-25-15-11-23(3)29-19-37(7)33(5,35-17-27(21)31(25)29)34(6)36-18-28-22(2)10-14-26-16-12-24(4)30(32(26)28)20-38(34)8/h9-16,35-36H,17-20H2,1-8H3/t33-,34-/m0/s1. The molecule has 0 spiro atoms. The van der Waals surface area contributed by atoms with Crippen LogP contribution in [-0.4, -0.2) is 35.2 Å². The molecule has 4 aromatic rings. The van der Waals surface area contributed by atoms with Crippen molar-refractivity contribution in [3.05, 3.63) is 93.0 Å². The summed E-state index contributed by atoms with van der Waals surface area (Å²) in [5.74, 6) is 0. The zero-order valence-electron chi connectivity index (χ0n) is 24.3. The molecule has 0 fully saturated rings. The smallest absolute Gasteiger partial charge is 0.101 e. The van der Waals surface area contributed by atoms with Crippen molar-refractivity contribution in [2.75, 3.05) is 14.1 Å². The van der Waals surface area contributed by atoms with Crippen LogP contribution in [0.25, 0.3) is 21.5 Å². The fourth-order valence-corrected chi connectivity index (χ4v) is 7.09. The maximum absolute atomic E-state index is 4.10. The summed E-state index contributed by atoms with van der Waals surface area (Å²) in [4.78, 5) is 5.08. The van der Waals surface area contributed by atoms with Gasteiger partial charge in [0.2, 0.25) is 0 Å². The summed E-state index contributed by atoms with van der Waals surface area (Å²) in [6.07, 6.45) is 0. The number of hydrogen-bond donors (Lipinski definition) is 2. The van der Waals surface area contributed by atoms with E-state index in [9.17, 15) is 0 Å². The molecule has 2 aliphatic heterocycles. The molecular formula is C34H42N4. The summed E-state index contributed by atoms with van der Waals surface area (Å²) in [6, 6.07) is 18.3. The molecule has 2 aliphatic rings. The summed E-state index contributed by atoms with van der Waals surface area (Å²) in [5, 5.41) is 13.7. The van der Waals surface area contributed by atoms with Crippen LogP contribution in [0.5, 0.6) is 0 Å². The molecule has 0 radical (unpaired) electrons. The SMILES string of the molecule is Cc1ccc2ccc(C)c3c2c1CN[C@](C)([C@@]1(C)NCc2c(C)ccc4ccc(C)c(c24)CN1C)N(C)C3. The van der Waals surface area contributed by atoms with Crippen molar-refractivity contribution in [3.63, 3.8) is 0 Å². The van der Waals surface area contributed by atoms with Crippen LogP contribution in [0.2, 0.25) is 0 Å². The lowest BCUT2D eigenvalue weighted by molar-refractivity contribution is -0.0872. The first-order valence-electron chi connectivity index (χ1n) is 14.0. The van der Waals surface area contributed by atoms with Crippen LogP contribution >= 0.6 is 0 Å². The molecule has 0 aromatic heterocycles. The predicted molar refractivity (Wildman–Crippen MR) is 160 cm³/mol. The number of nitrogens with zero attached hydrogens (tertiary/aromatic N) is 2. The van der Waals surface area contributed by atoms with Gasteiger partial charge in [0.25, 0.3) is 0 Å². The van der Waals surface area contributed by atoms with E-state index < -0.39 is 0 Å². The van der Waals surface area contributed by atoms with Gasteiger partial charge in [-0.25, -0.2) is 0 Å². The lowest BCUT2D eigenvalue weighted by Crippen LogP contribution is -2.78. The Balaban J connectivity index is 1.48. The van der Waals surface area contributed by atoms with E-state index >= 15 is 0 Å². The second kappa shape index (κ2) is 8.89. The Morgan fingerprint density at radius 2 is 0.842 bits per heavy atom. The third-order valence-electron chi connectivity index (χ3n) is 10.2. The van der Waals surface area contributed by atoms with Gasteiger partial charge in [0.05, 0.1) is 0 Å². The van der Waals surface area contributed by atoms with Gasteiger partial charge in [0, 0.05) is 26.2 Å². The highest BCUT2D eigenvalue weighted by atomic mass is 15.4. The number of benzene rings is 4. The van der Waals surface area contributed by atoms with Crippen LogP contribution in [-0.2, 0) is 26.2 Å². The van der Waals surface area contributed by atoms with E-state index in [0.717, 1.165) is 26.2 Å². The van der Waals surface area contributed by atoms with Crippen molar-refractivity contribution in [1.29, 1.82) is 0 Å². The molecule has 4 heteroatoms. The molecule has 4 aromatic carbocycles. The van der Waals surface area contributed by atoms with Gasteiger partial charge in [0.15, 0.2) is 0 Å². The van der Waals surface area contributed by atoms with Gasteiger partial charge in [-0.3, -0.25) is 20.4 Å². The van der Waals surface area contributed by atoms with Crippen molar-refractivity contribution in [2.24, 2.45) is 0 Å². The van der Waals surface area contributed by atoms with Crippen LogP contribution in [0.15, 0.2) is 48.5 Å². The van der Waals surface area contributed by atoms with Crippen LogP contribution in [0.3, 0.4) is 0 Å². The highest BCUT2D eigenvalue weighted by Gasteiger charge is 2.51. The lowest BCUT2D eigenvalue weighted by Gasteiger charge is -2.57. The van der Waals surface area contributed by atoms with Crippen molar-refractivity contribution < 1.29 is 0 Å². The van der Waals surface area contributed by atoms with E-state index in [0.29, 0.717) is 0 Å². The molecule has 4 nitrogen and oxygen atoms in total. The minimum absolute atomic E-state index is 0.349. The fraction of sp³-hybridized carbons (Fsp3) is 0.412. The van der Waals surface area contributed by atoms with E-state index in [1.165, 1.54) is 66.1 Å². The molecule has 198 valence electrons. The summed E-state index contributed by atoms with van der Waals surface area (Å²) >= 11 is 0. The van der Waals surface area contributed by atoms with Crippen molar-refractivity contribution in [1.82, 2.24) is 20.4 Å². The molecule has 2 N–H and O–H groups in total. The molecule has 0 amide bonds. The number of likely N-dealkylation sites (N-methyl/N-ethyl adjacent to an activating group) is 2. The first kappa shape index (κ1) is 25.5. The van der Waals surface area contributed by atoms with E-state index in [4.69, 9.17) is 0 Å². The summed E-state index contributed by atoms with van der Waals surface area (Å²) in [5.41, 5.74) is 10.5. The lowest BCUT2D eigenvalue weighted by atomic mass is 9.84. The van der Waals surface area contributed by atoms with Gasteiger partial charge in [-0.05, 0) is 122 Å². The first-order chi connectivity index (χ1) is 18.0. The minimum atomic E-state index is -0.349. The minimum Gasteiger partial charge on any atom is -0.293 e. The molecule has 2 heterocycles. The first-order valence-corrected chi connectivity index (χ1v) is 14.0. The zero-order valence-corrected chi connectivity index (χ0v) is 24.3. The highest BCUT2D eigenvalue weighted by Crippen LogP contribution is 2.39. The number of nitrogens with one attached hydrogen (secondary N) is 2. The fourth-order valence-electron chi connectivity index (χ4n) is 7.09. The van der Waals surface area contributed by atoms with Crippen molar-refractivity contribution >= 4 is 21.5 Å². The van der Waals surface area contributed by atoms with Crippen molar-refractivity contribution in [2.45, 2.75) is 79.0 Å². The van der Waals surface area contributed by atoms with Gasteiger partial charge < -0.3 is 0 Å². The largest absolute Gasteiger partial charge is 0.293 e. The van der Waals surface area contributed by atoms with Crippen LogP contribution in [0.4, 0.5) is 0 Å². The molecule has 0 saturated carbocycles. The summed E-state index contributed by atoms with van der Waals surface area (Å²) in [7, 11) is 4.58. The van der Waals surface area contributed by atoms with Crippen LogP contribution in [0, 0.1) is 27.7 Å². The zero-order chi connectivity index (χ0) is 27.0. The summed E-state index contributed by atoms with van der Waals surface area (Å²) < 4.78 is 0. The second-order valence-corrected chi connectivity index (χ2v) is 12.2. The van der Waals surface area contributed by atoms with Gasteiger partial charge in [-0.2, -0.15) is 0 Å². The Kier molecular flexibility index (Phi) is 5.97. The number of rotatable bonds is 1. The van der Waals surface area contributed by atoms with E-state index in [-0.39, 0.29) is 11.3 Å². The molecule has 6 rings (SSSR count). The van der Waals surface area contributed by atoms with Gasteiger partial charge in [-0.15, -0.1) is 0 Å². The molecule has 38 heavy (non-hydrogen) atoms. The highest BCUT2D eigenvalue weighted by molar-refractivity contribution is 5.92. The molecular weight excluding hydrogens is 464 g/mol. The van der Waals surface area contributed by atoms with Gasteiger partial charge in [-0.1, -0.05) is 48.5 Å². The third kappa shape index (κ3) is 3.58. The Morgan fingerprint density at radius 3 is 1.18 bits per heavy atom. The summed E-state index contributed by atoms with van der Waals surface area (Å²) in [6.45, 7) is 17.3. The Morgan fingerprint density at radius 1 is 0.526 bits per heavy atom. The normalized spacial score (nSPS) is 24.7. The topological polar surface area (TPSA) is 30.5 Å². The van der Waals surface area contributed by atoms with E-state index in [1.54, 1.807) is 0 Å². The molecule has 2 atom stereocenters. The second-order valence-electron chi connectivity index (χ2n) is 12.2.